The highest BCUT2D eigenvalue weighted by Crippen LogP contribution is 2.40. The Kier molecular flexibility index (Phi) is 5.63. The maximum atomic E-state index is 5.45. The number of ether oxygens (including phenoxy) is 2. The largest absolute Gasteiger partial charge is 0.454 e. The number of rotatable bonds is 6. The molecule has 0 amide bonds. The molecule has 0 aliphatic carbocycles. The minimum Gasteiger partial charge on any atom is -0.454 e. The molecule has 1 aromatic carbocycles. The number of aliphatic imine (C=N–C) groups is 1. The Morgan fingerprint density at radius 2 is 2.08 bits per heavy atom. The van der Waals surface area contributed by atoms with E-state index in [1.807, 2.05) is 24.3 Å². The molecule has 1 aromatic heterocycles. The van der Waals surface area contributed by atoms with Gasteiger partial charge in [-0.3, -0.25) is 0 Å². The van der Waals surface area contributed by atoms with Gasteiger partial charge in [0.1, 0.15) is 0 Å². The monoisotopic (exact) mass is 392 g/mol. The number of halogens is 1. The fourth-order valence-electron chi connectivity index (χ4n) is 2.45. The second-order valence-corrected chi connectivity index (χ2v) is 6.21. The maximum Gasteiger partial charge on any atom is 0.231 e. The van der Waals surface area contributed by atoms with E-state index < -0.39 is 0 Å². The van der Waals surface area contributed by atoms with Gasteiger partial charge in [0.15, 0.2) is 17.5 Å². The van der Waals surface area contributed by atoms with Gasteiger partial charge in [-0.25, -0.2) is 4.99 Å². The molecule has 0 spiro atoms. The zero-order valence-corrected chi connectivity index (χ0v) is 15.2. The minimum absolute atomic E-state index is 0.268. The lowest BCUT2D eigenvalue weighted by atomic mass is 10.2. The van der Waals surface area contributed by atoms with Crippen molar-refractivity contribution >= 4 is 21.9 Å². The fraction of sp³-hybridized carbons (Fsp3) is 0.353. The summed E-state index contributed by atoms with van der Waals surface area (Å²) in [7, 11) is 0. The van der Waals surface area contributed by atoms with Crippen LogP contribution in [0, 0.1) is 0 Å². The lowest BCUT2D eigenvalue weighted by molar-refractivity contribution is 0.173. The van der Waals surface area contributed by atoms with E-state index in [-0.39, 0.29) is 6.79 Å². The molecule has 1 aliphatic heterocycles. The van der Waals surface area contributed by atoms with Crippen molar-refractivity contribution in [2.45, 2.75) is 20.0 Å². The minimum atomic E-state index is 0.268. The smallest absolute Gasteiger partial charge is 0.231 e. The summed E-state index contributed by atoms with van der Waals surface area (Å²) in [5.41, 5.74) is 1.06. The molecule has 3 rings (SSSR count). The van der Waals surface area contributed by atoms with Crippen LogP contribution in [-0.2, 0) is 13.1 Å². The average Bonchev–Trinajstić information content (AvgIpc) is 3.24. The van der Waals surface area contributed by atoms with Crippen molar-refractivity contribution < 1.29 is 9.47 Å². The molecule has 0 fully saturated rings. The Morgan fingerprint density at radius 3 is 2.88 bits per heavy atom. The lowest BCUT2D eigenvalue weighted by Crippen LogP contribution is -2.38. The summed E-state index contributed by atoms with van der Waals surface area (Å²) in [6, 6.07) is 8.04. The first-order valence-electron chi connectivity index (χ1n) is 7.97. The number of aromatic nitrogens is 1. The van der Waals surface area contributed by atoms with Crippen LogP contribution in [0.3, 0.4) is 0 Å². The summed E-state index contributed by atoms with van der Waals surface area (Å²) in [5.74, 6) is 2.33. The molecular weight excluding hydrogens is 372 g/mol. The molecule has 1 aliphatic rings. The molecule has 2 heterocycles. The van der Waals surface area contributed by atoms with Gasteiger partial charge in [0.25, 0.3) is 0 Å². The summed E-state index contributed by atoms with van der Waals surface area (Å²) in [6.45, 7) is 5.41. The van der Waals surface area contributed by atoms with E-state index in [2.05, 4.69) is 55.4 Å². The van der Waals surface area contributed by atoms with E-state index in [9.17, 15) is 0 Å². The maximum absolute atomic E-state index is 5.45. The SMILES string of the molecule is CCNC(=NCc1cc(Br)c2c(c1)OCO2)NCCn1cccc1. The molecule has 0 unspecified atom stereocenters. The second-order valence-electron chi connectivity index (χ2n) is 5.35. The van der Waals surface area contributed by atoms with Crippen LogP contribution in [0.25, 0.3) is 0 Å². The number of fused-ring (bicyclic) bond motifs is 1. The van der Waals surface area contributed by atoms with E-state index in [0.717, 1.165) is 47.1 Å². The normalized spacial score (nSPS) is 13.2. The van der Waals surface area contributed by atoms with Gasteiger partial charge in [-0.2, -0.15) is 0 Å². The predicted octanol–water partition coefficient (Wildman–Crippen LogP) is 2.73. The standard InChI is InChI=1S/C17H21BrN4O2/c1-2-19-17(20-5-8-22-6-3-4-7-22)21-11-13-9-14(18)16-15(10-13)23-12-24-16/h3-4,6-7,9-10H,2,5,8,11-12H2,1H3,(H2,19,20,21). The summed E-state index contributed by atoms with van der Waals surface area (Å²) in [6.07, 6.45) is 4.10. The zero-order valence-electron chi connectivity index (χ0n) is 13.6. The van der Waals surface area contributed by atoms with E-state index in [4.69, 9.17) is 9.47 Å². The highest BCUT2D eigenvalue weighted by Gasteiger charge is 2.17. The van der Waals surface area contributed by atoms with Crippen LogP contribution in [-0.4, -0.2) is 30.4 Å². The Labute approximate surface area is 150 Å². The second kappa shape index (κ2) is 8.10. The third kappa shape index (κ3) is 4.23. The van der Waals surface area contributed by atoms with Crippen LogP contribution < -0.4 is 20.1 Å². The molecule has 24 heavy (non-hydrogen) atoms. The molecular formula is C17H21BrN4O2. The lowest BCUT2D eigenvalue weighted by Gasteiger charge is -2.12. The van der Waals surface area contributed by atoms with Gasteiger partial charge in [-0.15, -0.1) is 0 Å². The molecule has 7 heteroatoms. The first kappa shape index (κ1) is 16.7. The van der Waals surface area contributed by atoms with E-state index in [1.54, 1.807) is 0 Å². The Hall–Kier alpha value is -2.15. The van der Waals surface area contributed by atoms with Crippen molar-refractivity contribution in [1.29, 1.82) is 0 Å². The Bertz CT molecular complexity index is 701. The van der Waals surface area contributed by atoms with Crippen molar-refractivity contribution in [1.82, 2.24) is 15.2 Å². The summed E-state index contributed by atoms with van der Waals surface area (Å²) in [4.78, 5) is 4.64. The molecule has 6 nitrogen and oxygen atoms in total. The van der Waals surface area contributed by atoms with E-state index in [0.29, 0.717) is 6.54 Å². The average molecular weight is 393 g/mol. The van der Waals surface area contributed by atoms with Crippen LogP contribution >= 0.6 is 15.9 Å². The van der Waals surface area contributed by atoms with E-state index >= 15 is 0 Å². The van der Waals surface area contributed by atoms with Crippen LogP contribution in [0.5, 0.6) is 11.5 Å². The van der Waals surface area contributed by atoms with Gasteiger partial charge < -0.3 is 24.7 Å². The highest BCUT2D eigenvalue weighted by atomic mass is 79.9. The summed E-state index contributed by atoms with van der Waals surface area (Å²) < 4.78 is 13.9. The third-order valence-electron chi connectivity index (χ3n) is 3.58. The molecule has 2 aromatic rings. The Morgan fingerprint density at radius 1 is 1.25 bits per heavy atom. The van der Waals surface area contributed by atoms with Crippen LogP contribution in [0.1, 0.15) is 12.5 Å². The van der Waals surface area contributed by atoms with Gasteiger partial charge >= 0.3 is 0 Å². The van der Waals surface area contributed by atoms with Crippen LogP contribution in [0.4, 0.5) is 0 Å². The summed E-state index contributed by atoms with van der Waals surface area (Å²) >= 11 is 3.51. The van der Waals surface area contributed by atoms with Gasteiger partial charge in [0.05, 0.1) is 11.0 Å². The summed E-state index contributed by atoms with van der Waals surface area (Å²) in [5, 5.41) is 6.61. The molecule has 128 valence electrons. The van der Waals surface area contributed by atoms with Crippen LogP contribution in [0.2, 0.25) is 0 Å². The number of nitrogens with one attached hydrogen (secondary N) is 2. The number of benzene rings is 1. The number of guanidine groups is 1. The van der Waals surface area contributed by atoms with Gasteiger partial charge in [-0.05, 0) is 52.7 Å². The van der Waals surface area contributed by atoms with Gasteiger partial charge in [-0.1, -0.05) is 0 Å². The predicted molar refractivity (Wildman–Crippen MR) is 97.5 cm³/mol. The van der Waals surface area contributed by atoms with E-state index in [1.165, 1.54) is 0 Å². The zero-order chi connectivity index (χ0) is 16.8. The first-order chi connectivity index (χ1) is 11.8. The molecule has 0 atom stereocenters. The fourth-order valence-corrected chi connectivity index (χ4v) is 3.05. The van der Waals surface area contributed by atoms with Crippen LogP contribution in [0.15, 0.2) is 46.1 Å². The quantitative estimate of drug-likeness (QED) is 0.586. The van der Waals surface area contributed by atoms with Gasteiger partial charge in [0, 0.05) is 32.0 Å². The van der Waals surface area contributed by atoms with Crippen molar-refractivity contribution in [3.8, 4) is 11.5 Å². The molecule has 0 saturated carbocycles. The Balaban J connectivity index is 1.60. The first-order valence-corrected chi connectivity index (χ1v) is 8.76. The van der Waals surface area contributed by atoms with Crippen molar-refractivity contribution in [2.24, 2.45) is 4.99 Å². The number of hydrogen-bond donors (Lipinski definition) is 2. The van der Waals surface area contributed by atoms with Crippen molar-refractivity contribution in [3.63, 3.8) is 0 Å². The molecule has 0 saturated heterocycles. The molecule has 0 radical (unpaired) electrons. The number of nitrogens with zero attached hydrogens (tertiary/aromatic N) is 2. The highest BCUT2D eigenvalue weighted by molar-refractivity contribution is 9.10. The van der Waals surface area contributed by atoms with Crippen molar-refractivity contribution in [3.05, 3.63) is 46.7 Å². The molecule has 2 N–H and O–H groups in total. The topological polar surface area (TPSA) is 59.8 Å². The van der Waals surface area contributed by atoms with Crippen molar-refractivity contribution in [2.75, 3.05) is 19.9 Å². The molecule has 0 bridgehead atoms. The number of hydrogen-bond acceptors (Lipinski definition) is 3. The van der Waals surface area contributed by atoms with Gasteiger partial charge in [0.2, 0.25) is 6.79 Å². The third-order valence-corrected chi connectivity index (χ3v) is 4.17.